The molecule has 1 atom stereocenters. The van der Waals surface area contributed by atoms with Crippen LogP contribution in [0.2, 0.25) is 0 Å². The number of amides is 1. The summed E-state index contributed by atoms with van der Waals surface area (Å²) in [5.74, 6) is 0.0141. The summed E-state index contributed by atoms with van der Waals surface area (Å²) in [6.07, 6.45) is 3.33. The minimum absolute atomic E-state index is 0.0141. The Bertz CT molecular complexity index is 577. The van der Waals surface area contributed by atoms with Crippen LogP contribution in [0.3, 0.4) is 0 Å². The van der Waals surface area contributed by atoms with Gasteiger partial charge in [-0.3, -0.25) is 4.79 Å². The van der Waals surface area contributed by atoms with Gasteiger partial charge in [0.25, 0.3) is 0 Å². The molecule has 1 aliphatic carbocycles. The molecule has 1 fully saturated rings. The molecule has 0 aliphatic heterocycles. The van der Waals surface area contributed by atoms with Crippen molar-refractivity contribution in [2.45, 2.75) is 43.3 Å². The Morgan fingerprint density at radius 3 is 2.40 bits per heavy atom. The highest BCUT2D eigenvalue weighted by atomic mass is 32.2. The molecule has 1 aromatic carbocycles. The van der Waals surface area contributed by atoms with Gasteiger partial charge in [0.2, 0.25) is 5.91 Å². The number of nitrogens with one attached hydrogen (secondary N) is 2. The summed E-state index contributed by atoms with van der Waals surface area (Å²) in [6.45, 7) is 2.35. The van der Waals surface area contributed by atoms with Crippen LogP contribution in [0.1, 0.15) is 25.3 Å². The molecule has 0 aromatic heterocycles. The molecule has 6 heteroatoms. The second-order valence-corrected chi connectivity index (χ2v) is 7.32. The largest absolute Gasteiger partial charge is 0.352 e. The molecule has 20 heavy (non-hydrogen) atoms. The van der Waals surface area contributed by atoms with Crippen LogP contribution in [0.25, 0.3) is 0 Å². The first-order valence-corrected chi connectivity index (χ1v) is 8.58. The van der Waals surface area contributed by atoms with E-state index in [1.165, 1.54) is 6.26 Å². The lowest BCUT2D eigenvalue weighted by Crippen LogP contribution is -2.42. The lowest BCUT2D eigenvalue weighted by molar-refractivity contribution is -0.122. The highest BCUT2D eigenvalue weighted by molar-refractivity contribution is 7.90. The van der Waals surface area contributed by atoms with Crippen LogP contribution in [0, 0.1) is 0 Å². The van der Waals surface area contributed by atoms with Gasteiger partial charge in [-0.05, 0) is 37.5 Å². The van der Waals surface area contributed by atoms with E-state index in [9.17, 15) is 13.2 Å². The minimum Gasteiger partial charge on any atom is -0.352 e. The zero-order chi connectivity index (χ0) is 14.8. The first-order valence-electron chi connectivity index (χ1n) is 6.69. The van der Waals surface area contributed by atoms with Gasteiger partial charge in [-0.1, -0.05) is 12.1 Å². The molecule has 1 saturated carbocycles. The van der Waals surface area contributed by atoms with E-state index in [0.29, 0.717) is 17.5 Å². The van der Waals surface area contributed by atoms with Crippen LogP contribution in [0.4, 0.5) is 0 Å². The summed E-state index contributed by atoms with van der Waals surface area (Å²) in [6, 6.07) is 6.79. The van der Waals surface area contributed by atoms with E-state index in [1.54, 1.807) is 24.3 Å². The predicted molar refractivity (Wildman–Crippen MR) is 77.0 cm³/mol. The third-order valence-electron chi connectivity index (χ3n) is 3.28. The normalized spacial score (nSPS) is 16.7. The van der Waals surface area contributed by atoms with Crippen LogP contribution >= 0.6 is 0 Å². The first kappa shape index (κ1) is 15.0. The number of carbonyl (C=O) groups excluding carboxylic acids is 1. The lowest BCUT2D eigenvalue weighted by Gasteiger charge is -2.13. The average Bonchev–Trinajstić information content (AvgIpc) is 3.19. The molecule has 1 aliphatic rings. The zero-order valence-electron chi connectivity index (χ0n) is 11.7. The second-order valence-electron chi connectivity index (χ2n) is 5.30. The number of hydrogen-bond acceptors (Lipinski definition) is 4. The van der Waals surface area contributed by atoms with Crippen LogP contribution in [0.5, 0.6) is 0 Å². The fourth-order valence-corrected chi connectivity index (χ4v) is 2.40. The van der Waals surface area contributed by atoms with Crippen molar-refractivity contribution in [3.05, 3.63) is 29.8 Å². The molecule has 110 valence electrons. The van der Waals surface area contributed by atoms with Gasteiger partial charge in [0.15, 0.2) is 9.84 Å². The van der Waals surface area contributed by atoms with E-state index < -0.39 is 9.84 Å². The predicted octanol–water partition coefficient (Wildman–Crippen LogP) is 0.847. The maximum Gasteiger partial charge on any atom is 0.237 e. The summed E-state index contributed by atoms with van der Waals surface area (Å²) in [4.78, 5) is 12.1. The molecule has 0 spiro atoms. The highest BCUT2D eigenvalue weighted by Crippen LogP contribution is 2.18. The monoisotopic (exact) mass is 296 g/mol. The standard InChI is InChI=1S/C14H20N2O3S/c1-10(14(17)16-12-5-6-12)15-9-11-3-7-13(8-4-11)20(2,18)19/h3-4,7-8,10,12,15H,5-6,9H2,1-2H3,(H,16,17). The second kappa shape index (κ2) is 5.93. The average molecular weight is 296 g/mol. The number of benzene rings is 1. The number of rotatable bonds is 6. The molecule has 0 bridgehead atoms. The zero-order valence-corrected chi connectivity index (χ0v) is 12.5. The van der Waals surface area contributed by atoms with Crippen LogP contribution in [-0.2, 0) is 21.2 Å². The van der Waals surface area contributed by atoms with Crippen LogP contribution < -0.4 is 10.6 Å². The quantitative estimate of drug-likeness (QED) is 0.816. The third kappa shape index (κ3) is 4.31. The van der Waals surface area contributed by atoms with Gasteiger partial charge in [0.05, 0.1) is 10.9 Å². The molecule has 0 radical (unpaired) electrons. The van der Waals surface area contributed by atoms with E-state index in [4.69, 9.17) is 0 Å². The Hall–Kier alpha value is -1.40. The smallest absolute Gasteiger partial charge is 0.237 e. The van der Waals surface area contributed by atoms with Crippen molar-refractivity contribution in [2.24, 2.45) is 0 Å². The van der Waals surface area contributed by atoms with E-state index in [-0.39, 0.29) is 11.9 Å². The van der Waals surface area contributed by atoms with Gasteiger partial charge in [-0.15, -0.1) is 0 Å². The van der Waals surface area contributed by atoms with Crippen molar-refractivity contribution in [3.8, 4) is 0 Å². The summed E-state index contributed by atoms with van der Waals surface area (Å²) < 4.78 is 22.7. The van der Waals surface area contributed by atoms with Gasteiger partial charge in [0, 0.05) is 18.8 Å². The molecular weight excluding hydrogens is 276 g/mol. The highest BCUT2D eigenvalue weighted by Gasteiger charge is 2.25. The summed E-state index contributed by atoms with van der Waals surface area (Å²) in [5.41, 5.74) is 0.948. The molecule has 5 nitrogen and oxygen atoms in total. The molecule has 1 aromatic rings. The summed E-state index contributed by atoms with van der Waals surface area (Å²) in [5, 5.41) is 6.07. The topological polar surface area (TPSA) is 75.3 Å². The maximum absolute atomic E-state index is 11.7. The van der Waals surface area contributed by atoms with E-state index >= 15 is 0 Å². The van der Waals surface area contributed by atoms with E-state index in [1.807, 2.05) is 6.92 Å². The third-order valence-corrected chi connectivity index (χ3v) is 4.41. The first-order chi connectivity index (χ1) is 9.36. The van der Waals surface area contributed by atoms with Crippen molar-refractivity contribution in [2.75, 3.05) is 6.26 Å². The molecule has 0 heterocycles. The molecule has 0 saturated heterocycles. The van der Waals surface area contributed by atoms with E-state index in [0.717, 1.165) is 18.4 Å². The fraction of sp³-hybridized carbons (Fsp3) is 0.500. The number of carbonyl (C=O) groups is 1. The van der Waals surface area contributed by atoms with Crippen molar-refractivity contribution in [1.29, 1.82) is 0 Å². The van der Waals surface area contributed by atoms with Crippen LogP contribution in [-0.4, -0.2) is 32.7 Å². The van der Waals surface area contributed by atoms with E-state index in [2.05, 4.69) is 10.6 Å². The van der Waals surface area contributed by atoms with Gasteiger partial charge in [0.1, 0.15) is 0 Å². The SMILES string of the molecule is CC(NCc1ccc(S(C)(=O)=O)cc1)C(=O)NC1CC1. The van der Waals surface area contributed by atoms with Gasteiger partial charge in [-0.25, -0.2) is 8.42 Å². The summed E-state index contributed by atoms with van der Waals surface area (Å²) >= 11 is 0. The number of sulfone groups is 1. The molecular formula is C14H20N2O3S. The van der Waals surface area contributed by atoms with Crippen molar-refractivity contribution < 1.29 is 13.2 Å². The minimum atomic E-state index is -3.16. The Morgan fingerprint density at radius 2 is 1.90 bits per heavy atom. The van der Waals surface area contributed by atoms with Crippen molar-refractivity contribution in [1.82, 2.24) is 10.6 Å². The van der Waals surface area contributed by atoms with Gasteiger partial charge >= 0.3 is 0 Å². The van der Waals surface area contributed by atoms with Gasteiger partial charge < -0.3 is 10.6 Å². The Labute approximate surface area is 119 Å². The Morgan fingerprint density at radius 1 is 1.30 bits per heavy atom. The fourth-order valence-electron chi connectivity index (χ4n) is 1.77. The van der Waals surface area contributed by atoms with Crippen molar-refractivity contribution >= 4 is 15.7 Å². The Balaban J connectivity index is 1.85. The lowest BCUT2D eigenvalue weighted by atomic mass is 10.2. The van der Waals surface area contributed by atoms with Gasteiger partial charge in [-0.2, -0.15) is 0 Å². The molecule has 1 amide bonds. The molecule has 2 N–H and O–H groups in total. The summed E-state index contributed by atoms with van der Waals surface area (Å²) in [7, 11) is -3.16. The maximum atomic E-state index is 11.7. The molecule has 2 rings (SSSR count). The van der Waals surface area contributed by atoms with Crippen molar-refractivity contribution in [3.63, 3.8) is 0 Å². The number of hydrogen-bond donors (Lipinski definition) is 2. The Kier molecular flexibility index (Phi) is 4.45. The van der Waals surface area contributed by atoms with Crippen LogP contribution in [0.15, 0.2) is 29.2 Å². The molecule has 1 unspecified atom stereocenters.